The Morgan fingerprint density at radius 3 is 2.42 bits per heavy atom. The highest BCUT2D eigenvalue weighted by molar-refractivity contribution is 8.02. The molecular formula is C31H43N3O5S. The summed E-state index contributed by atoms with van der Waals surface area (Å²) in [7, 11) is 0. The van der Waals surface area contributed by atoms with Crippen molar-refractivity contribution in [3.05, 3.63) is 49.6 Å². The van der Waals surface area contributed by atoms with Gasteiger partial charge in [-0.15, -0.1) is 24.9 Å². The highest BCUT2D eigenvalue weighted by Crippen LogP contribution is 2.71. The Labute approximate surface area is 242 Å². The number of esters is 1. The van der Waals surface area contributed by atoms with E-state index in [4.69, 9.17) is 4.74 Å². The smallest absolute Gasteiger partial charge is 0.311 e. The van der Waals surface area contributed by atoms with Crippen LogP contribution in [0, 0.1) is 11.8 Å². The lowest BCUT2D eigenvalue weighted by Gasteiger charge is -2.37. The Bertz CT molecular complexity index is 1120. The monoisotopic (exact) mass is 569 g/mol. The molecule has 218 valence electrons. The predicted octanol–water partition coefficient (Wildman–Crippen LogP) is 4.03. The van der Waals surface area contributed by atoms with E-state index in [1.54, 1.807) is 28.8 Å². The molecule has 1 aromatic rings. The maximum absolute atomic E-state index is 14.5. The molecule has 40 heavy (non-hydrogen) atoms. The van der Waals surface area contributed by atoms with Gasteiger partial charge in [-0.25, -0.2) is 0 Å². The van der Waals surface area contributed by atoms with Gasteiger partial charge in [-0.2, -0.15) is 0 Å². The number of allylic oxidation sites excluding steroid dienone is 1. The molecule has 3 saturated heterocycles. The number of thioether (sulfide) groups is 1. The third-order valence-electron chi connectivity index (χ3n) is 8.77. The van der Waals surface area contributed by atoms with Crippen LogP contribution in [0.1, 0.15) is 46.5 Å². The minimum atomic E-state index is -0.801. The van der Waals surface area contributed by atoms with E-state index in [2.05, 4.69) is 31.9 Å². The Morgan fingerprint density at radius 2 is 1.82 bits per heavy atom. The number of benzene rings is 1. The zero-order valence-corrected chi connectivity index (χ0v) is 24.8. The standard InChI is InChI=1S/C31H43N3O5S/c1-6-10-11-21-39-29(38)25-24-27(36)34(19-20-35)26(31(24)17-16-30(25,5)40-31)28(37)33(18-7-2)23-14-12-22(13-15-23)32(8-3)9-4/h6-7,12-15,24-26,35H,1-2,8-11,16-21H2,3-5H3/t24-,25-,26?,30+,31?/m0/s1. The number of carbonyl (C=O) groups is 3. The molecule has 1 spiro atoms. The maximum atomic E-state index is 14.5. The van der Waals surface area contributed by atoms with Crippen molar-refractivity contribution in [2.24, 2.45) is 11.8 Å². The van der Waals surface area contributed by atoms with Gasteiger partial charge in [-0.1, -0.05) is 12.2 Å². The number of likely N-dealkylation sites (tertiary alicyclic amines) is 1. The van der Waals surface area contributed by atoms with Crippen LogP contribution in [0.15, 0.2) is 49.6 Å². The van der Waals surface area contributed by atoms with Crippen LogP contribution < -0.4 is 9.80 Å². The molecule has 0 radical (unpaired) electrons. The first-order chi connectivity index (χ1) is 19.2. The molecule has 9 heteroatoms. The lowest BCUT2D eigenvalue weighted by atomic mass is 9.66. The second kappa shape index (κ2) is 12.4. The van der Waals surface area contributed by atoms with E-state index < -0.39 is 27.4 Å². The zero-order valence-electron chi connectivity index (χ0n) is 24.0. The summed E-state index contributed by atoms with van der Waals surface area (Å²) in [5.41, 5.74) is 1.79. The molecule has 2 bridgehead atoms. The molecule has 2 unspecified atom stereocenters. The molecule has 4 rings (SSSR count). The Morgan fingerprint density at radius 1 is 1.15 bits per heavy atom. The molecule has 1 aromatic carbocycles. The second-order valence-corrected chi connectivity index (χ2v) is 12.9. The summed E-state index contributed by atoms with van der Waals surface area (Å²) >= 11 is 1.60. The first kappa shape index (κ1) is 30.2. The molecule has 1 N–H and O–H groups in total. The molecular weight excluding hydrogens is 526 g/mol. The van der Waals surface area contributed by atoms with Gasteiger partial charge < -0.3 is 24.5 Å². The number of rotatable bonds is 14. The Kier molecular flexibility index (Phi) is 9.35. The molecule has 2 amide bonds. The van der Waals surface area contributed by atoms with Crippen molar-refractivity contribution < 1.29 is 24.2 Å². The summed E-state index contributed by atoms with van der Waals surface area (Å²) in [5, 5.41) is 9.91. The zero-order chi connectivity index (χ0) is 29.1. The van der Waals surface area contributed by atoms with Gasteiger partial charge in [0.15, 0.2) is 0 Å². The quantitative estimate of drug-likeness (QED) is 0.206. The van der Waals surface area contributed by atoms with Crippen LogP contribution in [0.25, 0.3) is 0 Å². The normalized spacial score (nSPS) is 28.4. The summed E-state index contributed by atoms with van der Waals surface area (Å²) in [5.74, 6) is -2.13. The van der Waals surface area contributed by atoms with Crippen LogP contribution in [-0.2, 0) is 19.1 Å². The van der Waals surface area contributed by atoms with Crippen LogP contribution in [0.4, 0.5) is 11.4 Å². The fourth-order valence-corrected chi connectivity index (χ4v) is 9.27. The van der Waals surface area contributed by atoms with Crippen LogP contribution in [0.5, 0.6) is 0 Å². The molecule has 0 saturated carbocycles. The highest BCUT2D eigenvalue weighted by atomic mass is 32.2. The SMILES string of the molecule is C=CCCCOC(=O)[C@@H]1[C@H]2C(=O)N(CCO)C(C(=O)N(CC=C)c3ccc(N(CC)CC)cc3)C23CC[C@@]1(C)S3. The number of ether oxygens (including phenoxy) is 1. The second-order valence-electron chi connectivity index (χ2n) is 11.0. The lowest BCUT2D eigenvalue weighted by Crippen LogP contribution is -2.55. The van der Waals surface area contributed by atoms with E-state index in [-0.39, 0.29) is 44.1 Å². The summed E-state index contributed by atoms with van der Waals surface area (Å²) in [6.07, 6.45) is 6.25. The van der Waals surface area contributed by atoms with Gasteiger partial charge in [0.1, 0.15) is 6.04 Å². The number of anilines is 2. The van der Waals surface area contributed by atoms with E-state index in [1.807, 2.05) is 31.2 Å². The molecule has 3 heterocycles. The number of aliphatic hydroxyl groups excluding tert-OH is 1. The number of amides is 2. The average Bonchev–Trinajstić information content (AvgIpc) is 3.51. The van der Waals surface area contributed by atoms with Crippen LogP contribution in [0.2, 0.25) is 0 Å². The number of hydrogen-bond donors (Lipinski definition) is 1. The first-order valence-corrected chi connectivity index (χ1v) is 15.2. The van der Waals surface area contributed by atoms with Crippen LogP contribution in [-0.4, -0.2) is 82.7 Å². The van der Waals surface area contributed by atoms with E-state index in [0.717, 1.165) is 30.9 Å². The van der Waals surface area contributed by atoms with Gasteiger partial charge in [0.2, 0.25) is 5.91 Å². The van der Waals surface area contributed by atoms with Gasteiger partial charge in [0.05, 0.1) is 29.8 Å². The molecule has 8 nitrogen and oxygen atoms in total. The van der Waals surface area contributed by atoms with Crippen molar-refractivity contribution in [1.29, 1.82) is 0 Å². The minimum Gasteiger partial charge on any atom is -0.465 e. The van der Waals surface area contributed by atoms with E-state index >= 15 is 0 Å². The number of β-amino-alcohol motifs (C(OH)–C–C–N with tert-alkyl or cyclic N) is 1. The maximum Gasteiger partial charge on any atom is 0.311 e. The Balaban J connectivity index is 1.68. The van der Waals surface area contributed by atoms with Crippen LogP contribution in [0.3, 0.4) is 0 Å². The summed E-state index contributed by atoms with van der Waals surface area (Å²) in [6, 6.07) is 7.08. The van der Waals surface area contributed by atoms with Crippen molar-refractivity contribution in [3.8, 4) is 0 Å². The van der Waals surface area contributed by atoms with Gasteiger partial charge >= 0.3 is 5.97 Å². The van der Waals surface area contributed by atoms with E-state index in [9.17, 15) is 19.5 Å². The molecule has 3 aliphatic heterocycles. The topological polar surface area (TPSA) is 90.4 Å². The third-order valence-corrected chi connectivity index (χ3v) is 10.8. The molecule has 5 atom stereocenters. The van der Waals surface area contributed by atoms with E-state index in [0.29, 0.717) is 19.3 Å². The minimum absolute atomic E-state index is 0.0364. The number of carbonyl (C=O) groups excluding carboxylic acids is 3. The van der Waals surface area contributed by atoms with Crippen molar-refractivity contribution in [3.63, 3.8) is 0 Å². The fraction of sp³-hybridized carbons (Fsp3) is 0.581. The van der Waals surface area contributed by atoms with E-state index in [1.165, 1.54) is 4.90 Å². The number of nitrogens with zero attached hydrogens (tertiary/aromatic N) is 3. The molecule has 3 fully saturated rings. The summed E-state index contributed by atoms with van der Waals surface area (Å²) < 4.78 is 4.41. The largest absolute Gasteiger partial charge is 0.465 e. The van der Waals surface area contributed by atoms with Gasteiger partial charge in [0.25, 0.3) is 5.91 Å². The average molecular weight is 570 g/mol. The molecule has 0 aromatic heterocycles. The molecule has 3 aliphatic rings. The van der Waals surface area contributed by atoms with Gasteiger partial charge in [0, 0.05) is 42.3 Å². The Hall–Kier alpha value is -2.78. The van der Waals surface area contributed by atoms with Crippen LogP contribution >= 0.6 is 11.8 Å². The van der Waals surface area contributed by atoms with Crippen molar-refractivity contribution in [2.45, 2.75) is 62.0 Å². The van der Waals surface area contributed by atoms with Crippen molar-refractivity contribution in [2.75, 3.05) is 49.2 Å². The van der Waals surface area contributed by atoms with Crippen molar-refractivity contribution in [1.82, 2.24) is 4.90 Å². The highest BCUT2D eigenvalue weighted by Gasteiger charge is 2.77. The number of hydrogen-bond acceptors (Lipinski definition) is 7. The predicted molar refractivity (Wildman–Crippen MR) is 160 cm³/mol. The fourth-order valence-electron chi connectivity index (χ4n) is 6.93. The summed E-state index contributed by atoms with van der Waals surface area (Å²) in [4.78, 5) is 47.4. The van der Waals surface area contributed by atoms with Gasteiger partial charge in [-0.3, -0.25) is 14.4 Å². The first-order valence-electron chi connectivity index (χ1n) is 14.4. The lowest BCUT2D eigenvalue weighted by molar-refractivity contribution is -0.155. The van der Waals surface area contributed by atoms with Gasteiger partial charge in [-0.05, 0) is 70.7 Å². The van der Waals surface area contributed by atoms with Crippen molar-refractivity contribution >= 4 is 40.9 Å². The third kappa shape index (κ3) is 5.07. The summed E-state index contributed by atoms with van der Waals surface area (Å²) in [6.45, 7) is 15.9. The number of fused-ring (bicyclic) bond motifs is 1. The number of aliphatic hydroxyl groups is 1. The number of unbranched alkanes of at least 4 members (excludes halogenated alkanes) is 1. The molecule has 0 aliphatic carbocycles.